The normalized spacial score (nSPS) is 13.9. The second-order valence-electron chi connectivity index (χ2n) is 5.17. The van der Waals surface area contributed by atoms with Crippen LogP contribution in [0.25, 0.3) is 0 Å². The van der Waals surface area contributed by atoms with Crippen LogP contribution in [0.2, 0.25) is 0 Å². The van der Waals surface area contributed by atoms with Gasteiger partial charge >= 0.3 is 0 Å². The first-order chi connectivity index (χ1) is 9.35. The Labute approximate surface area is 125 Å². The minimum atomic E-state index is -0.117. The van der Waals surface area contributed by atoms with Crippen LogP contribution in [0.1, 0.15) is 27.7 Å². The molecule has 1 aromatic rings. The number of carbonyl (C=O) groups is 1. The minimum absolute atomic E-state index is 0.0284. The summed E-state index contributed by atoms with van der Waals surface area (Å²) in [5.74, 6) is 1.19. The van der Waals surface area contributed by atoms with Crippen LogP contribution in [0.3, 0.4) is 0 Å². The molecule has 0 fully saturated rings. The summed E-state index contributed by atoms with van der Waals surface area (Å²) < 4.78 is 5.08. The molecule has 112 valence electrons. The average molecular weight is 296 g/mol. The summed E-state index contributed by atoms with van der Waals surface area (Å²) in [6.07, 6.45) is 0. The van der Waals surface area contributed by atoms with Gasteiger partial charge in [0.25, 0.3) is 0 Å². The van der Waals surface area contributed by atoms with E-state index in [4.69, 9.17) is 10.5 Å². The number of benzene rings is 1. The molecule has 0 saturated heterocycles. The third kappa shape index (κ3) is 4.63. The number of hydrogen-bond acceptors (Lipinski definition) is 4. The molecule has 1 rings (SSSR count). The number of rotatable bonds is 6. The molecule has 3 N–H and O–H groups in total. The number of nitrogen functional groups attached to an aromatic ring is 1. The van der Waals surface area contributed by atoms with Gasteiger partial charge < -0.3 is 15.8 Å². The quantitative estimate of drug-likeness (QED) is 0.790. The van der Waals surface area contributed by atoms with E-state index < -0.39 is 0 Å². The molecule has 5 heteroatoms. The van der Waals surface area contributed by atoms with E-state index in [2.05, 4.69) is 26.1 Å². The van der Waals surface area contributed by atoms with Crippen LogP contribution in [-0.2, 0) is 4.79 Å². The summed E-state index contributed by atoms with van der Waals surface area (Å²) in [5, 5.41) is 3.18. The summed E-state index contributed by atoms with van der Waals surface area (Å²) in [6.45, 7) is 8.37. The van der Waals surface area contributed by atoms with Crippen molar-refractivity contribution >= 4 is 29.0 Å². The zero-order valence-corrected chi connectivity index (χ0v) is 13.6. The molecular weight excluding hydrogens is 272 g/mol. The number of anilines is 2. The first-order valence-corrected chi connectivity index (χ1v) is 7.69. The van der Waals surface area contributed by atoms with Crippen molar-refractivity contribution in [2.75, 3.05) is 18.2 Å². The lowest BCUT2D eigenvalue weighted by Gasteiger charge is -2.20. The molecule has 1 amide bonds. The Balaban J connectivity index is 2.66. The predicted molar refractivity (Wildman–Crippen MR) is 87.4 cm³/mol. The van der Waals surface area contributed by atoms with Crippen molar-refractivity contribution in [1.29, 1.82) is 0 Å². The Morgan fingerprint density at radius 2 is 1.95 bits per heavy atom. The molecule has 0 aliphatic heterocycles. The molecule has 0 bridgehead atoms. The van der Waals surface area contributed by atoms with Crippen molar-refractivity contribution in [1.82, 2.24) is 0 Å². The number of nitrogens with two attached hydrogens (primary N) is 1. The van der Waals surface area contributed by atoms with Gasteiger partial charge in [0.15, 0.2) is 0 Å². The van der Waals surface area contributed by atoms with E-state index in [1.54, 1.807) is 37.1 Å². The first-order valence-electron chi connectivity index (χ1n) is 6.75. The molecule has 20 heavy (non-hydrogen) atoms. The lowest BCUT2D eigenvalue weighted by Crippen LogP contribution is -2.25. The number of ether oxygens (including phenoxy) is 1. The molecular formula is C15H24N2O2S. The third-order valence-corrected chi connectivity index (χ3v) is 4.84. The highest BCUT2D eigenvalue weighted by Crippen LogP contribution is 2.27. The van der Waals surface area contributed by atoms with E-state index >= 15 is 0 Å². The van der Waals surface area contributed by atoms with Crippen molar-refractivity contribution < 1.29 is 9.53 Å². The molecule has 0 spiro atoms. The molecule has 0 aliphatic carbocycles. The smallest absolute Gasteiger partial charge is 0.237 e. The van der Waals surface area contributed by atoms with Crippen LogP contribution >= 0.6 is 11.8 Å². The topological polar surface area (TPSA) is 64.3 Å². The summed E-state index contributed by atoms with van der Waals surface area (Å²) in [4.78, 5) is 12.2. The summed E-state index contributed by atoms with van der Waals surface area (Å²) >= 11 is 1.67. The Morgan fingerprint density at radius 3 is 2.45 bits per heavy atom. The Kier molecular flexibility index (Phi) is 6.20. The van der Waals surface area contributed by atoms with Crippen molar-refractivity contribution in [3.05, 3.63) is 18.2 Å². The molecule has 0 aromatic heterocycles. The summed E-state index contributed by atoms with van der Waals surface area (Å²) in [7, 11) is 1.58. The Morgan fingerprint density at radius 1 is 1.30 bits per heavy atom. The van der Waals surface area contributed by atoms with Crippen LogP contribution in [0, 0.1) is 5.92 Å². The maximum atomic E-state index is 12.2. The fraction of sp³-hybridized carbons (Fsp3) is 0.533. The highest BCUT2D eigenvalue weighted by Gasteiger charge is 2.19. The minimum Gasteiger partial charge on any atom is -0.497 e. The molecule has 1 aromatic carbocycles. The number of methoxy groups -OCH3 is 1. The van der Waals surface area contributed by atoms with Gasteiger partial charge in [-0.2, -0.15) is 0 Å². The van der Waals surface area contributed by atoms with E-state index in [1.165, 1.54) is 0 Å². The molecule has 2 unspecified atom stereocenters. The molecule has 0 aliphatic rings. The van der Waals surface area contributed by atoms with Gasteiger partial charge in [0, 0.05) is 11.3 Å². The molecule has 2 atom stereocenters. The zero-order chi connectivity index (χ0) is 15.3. The van der Waals surface area contributed by atoms with Gasteiger partial charge in [-0.05, 0) is 25.0 Å². The predicted octanol–water partition coefficient (Wildman–Crippen LogP) is 3.38. The number of carbonyl (C=O) groups excluding carboxylic acids is 1. The van der Waals surface area contributed by atoms with E-state index in [-0.39, 0.29) is 11.2 Å². The number of amides is 1. The zero-order valence-electron chi connectivity index (χ0n) is 12.8. The van der Waals surface area contributed by atoms with E-state index in [0.717, 1.165) is 0 Å². The molecule has 0 radical (unpaired) electrons. The summed E-state index contributed by atoms with van der Waals surface area (Å²) in [6, 6.07) is 5.24. The highest BCUT2D eigenvalue weighted by molar-refractivity contribution is 8.01. The lowest BCUT2D eigenvalue weighted by molar-refractivity contribution is -0.115. The first kappa shape index (κ1) is 16.7. The fourth-order valence-electron chi connectivity index (χ4n) is 1.56. The van der Waals surface area contributed by atoms with Crippen molar-refractivity contribution in [2.45, 2.75) is 38.2 Å². The van der Waals surface area contributed by atoms with Crippen molar-refractivity contribution in [3.8, 4) is 5.75 Å². The Bertz CT molecular complexity index is 463. The lowest BCUT2D eigenvalue weighted by atomic mass is 10.2. The molecule has 0 heterocycles. The molecule has 4 nitrogen and oxygen atoms in total. The fourth-order valence-corrected chi connectivity index (χ4v) is 2.70. The highest BCUT2D eigenvalue weighted by atomic mass is 32.2. The Hall–Kier alpha value is -1.36. The van der Waals surface area contributed by atoms with Crippen LogP contribution in [0.4, 0.5) is 11.4 Å². The number of nitrogens with one attached hydrogen (secondary N) is 1. The van der Waals surface area contributed by atoms with Crippen LogP contribution in [0.5, 0.6) is 5.75 Å². The second kappa shape index (κ2) is 7.43. The molecule has 0 saturated carbocycles. The van der Waals surface area contributed by atoms with E-state index in [0.29, 0.717) is 28.3 Å². The van der Waals surface area contributed by atoms with Crippen LogP contribution in [-0.4, -0.2) is 23.5 Å². The average Bonchev–Trinajstić information content (AvgIpc) is 2.40. The van der Waals surface area contributed by atoms with Gasteiger partial charge in [0.1, 0.15) is 5.75 Å². The maximum absolute atomic E-state index is 12.2. The SMILES string of the molecule is COc1ccc(NC(=O)C(C)SC(C)C(C)C)c(N)c1. The third-order valence-electron chi connectivity index (χ3n) is 3.24. The van der Waals surface area contributed by atoms with Gasteiger partial charge in [-0.15, -0.1) is 11.8 Å². The van der Waals surface area contributed by atoms with Crippen molar-refractivity contribution in [3.63, 3.8) is 0 Å². The van der Waals surface area contributed by atoms with E-state index in [1.807, 2.05) is 6.92 Å². The monoisotopic (exact) mass is 296 g/mol. The van der Waals surface area contributed by atoms with Gasteiger partial charge in [-0.1, -0.05) is 20.8 Å². The van der Waals surface area contributed by atoms with Gasteiger partial charge in [0.05, 0.1) is 23.7 Å². The number of thioether (sulfide) groups is 1. The largest absolute Gasteiger partial charge is 0.497 e. The van der Waals surface area contributed by atoms with Crippen LogP contribution < -0.4 is 15.8 Å². The second-order valence-corrected chi connectivity index (χ2v) is 6.89. The van der Waals surface area contributed by atoms with Crippen LogP contribution in [0.15, 0.2) is 18.2 Å². The maximum Gasteiger partial charge on any atom is 0.237 e. The van der Waals surface area contributed by atoms with Gasteiger partial charge in [0.2, 0.25) is 5.91 Å². The number of hydrogen-bond donors (Lipinski definition) is 2. The van der Waals surface area contributed by atoms with Gasteiger partial charge in [-0.25, -0.2) is 0 Å². The van der Waals surface area contributed by atoms with Gasteiger partial charge in [-0.3, -0.25) is 4.79 Å². The standard InChI is InChI=1S/C15H24N2O2S/c1-9(2)10(3)20-11(4)15(18)17-14-7-6-12(19-5)8-13(14)16/h6-11H,16H2,1-5H3,(H,17,18). The van der Waals surface area contributed by atoms with E-state index in [9.17, 15) is 4.79 Å². The summed E-state index contributed by atoms with van der Waals surface area (Å²) in [5.41, 5.74) is 7.03. The van der Waals surface area contributed by atoms with Crippen molar-refractivity contribution in [2.24, 2.45) is 5.92 Å².